The quantitative estimate of drug-likeness (QED) is 0.536. The zero-order chi connectivity index (χ0) is 7.40. The predicted molar refractivity (Wildman–Crippen MR) is 39.6 cm³/mol. The van der Waals surface area contributed by atoms with Crippen molar-refractivity contribution in [2.45, 2.75) is 6.42 Å². The molecular formula is C8H10O2. The van der Waals surface area contributed by atoms with Crippen molar-refractivity contribution >= 4 is 0 Å². The van der Waals surface area contributed by atoms with Gasteiger partial charge in [-0.3, -0.25) is 0 Å². The molecule has 1 aliphatic carbocycles. The highest BCUT2D eigenvalue weighted by Gasteiger charge is 1.98. The van der Waals surface area contributed by atoms with Crippen molar-refractivity contribution in [2.75, 3.05) is 6.61 Å². The molecular weight excluding hydrogens is 128 g/mol. The molecule has 10 heavy (non-hydrogen) atoms. The Hall–Kier alpha value is -1.02. The molecule has 0 unspecified atom stereocenters. The molecule has 1 aliphatic rings. The summed E-state index contributed by atoms with van der Waals surface area (Å²) in [5.74, 6) is 0. The van der Waals surface area contributed by atoms with Crippen LogP contribution < -0.4 is 0 Å². The molecule has 0 aromatic rings. The number of allylic oxidation sites excluding steroid dienone is 3. The van der Waals surface area contributed by atoms with Crippen LogP contribution in [-0.2, 0) is 0 Å². The van der Waals surface area contributed by atoms with Gasteiger partial charge in [-0.15, -0.1) is 0 Å². The van der Waals surface area contributed by atoms with E-state index in [1.165, 1.54) is 0 Å². The zero-order valence-corrected chi connectivity index (χ0v) is 5.62. The summed E-state index contributed by atoms with van der Waals surface area (Å²) in [6, 6.07) is 0. The molecule has 0 aliphatic heterocycles. The first-order valence-electron chi connectivity index (χ1n) is 3.18. The smallest absolute Gasteiger partial charge is 0.0826 e. The van der Waals surface area contributed by atoms with Gasteiger partial charge >= 0.3 is 0 Å². The highest BCUT2D eigenvalue weighted by molar-refractivity contribution is 5.35. The van der Waals surface area contributed by atoms with E-state index in [-0.39, 0.29) is 6.61 Å². The van der Waals surface area contributed by atoms with E-state index in [4.69, 9.17) is 10.2 Å². The molecule has 0 atom stereocenters. The van der Waals surface area contributed by atoms with Crippen LogP contribution in [0.4, 0.5) is 0 Å². The van der Waals surface area contributed by atoms with Crippen LogP contribution in [0.1, 0.15) is 6.42 Å². The second-order valence-corrected chi connectivity index (χ2v) is 2.19. The van der Waals surface area contributed by atoms with Gasteiger partial charge in [0.15, 0.2) is 0 Å². The van der Waals surface area contributed by atoms with Crippen molar-refractivity contribution in [1.82, 2.24) is 0 Å². The molecule has 0 saturated carbocycles. The molecule has 1 rings (SSSR count). The second kappa shape index (κ2) is 3.22. The Morgan fingerprint density at radius 3 is 3.00 bits per heavy atom. The Labute approximate surface area is 59.8 Å². The van der Waals surface area contributed by atoms with Crippen molar-refractivity contribution in [3.63, 3.8) is 0 Å². The average molecular weight is 138 g/mol. The summed E-state index contributed by atoms with van der Waals surface area (Å²) in [4.78, 5) is 0. The summed E-state index contributed by atoms with van der Waals surface area (Å²) in [5, 5.41) is 17.3. The zero-order valence-electron chi connectivity index (χ0n) is 5.62. The number of hydrogen-bond donors (Lipinski definition) is 2. The first-order chi connectivity index (χ1) is 4.86. The number of aliphatic hydroxyl groups excluding tert-OH is 2. The summed E-state index contributed by atoms with van der Waals surface area (Å²) >= 11 is 0. The lowest BCUT2D eigenvalue weighted by molar-refractivity contribution is 0.334. The van der Waals surface area contributed by atoms with E-state index in [0.717, 1.165) is 23.8 Å². The normalized spacial score (nSPS) is 21.3. The minimum absolute atomic E-state index is 0.0356. The van der Waals surface area contributed by atoms with E-state index in [2.05, 4.69) is 0 Å². The first kappa shape index (κ1) is 7.09. The molecule has 0 bridgehead atoms. The van der Waals surface area contributed by atoms with Crippen LogP contribution >= 0.6 is 0 Å². The van der Waals surface area contributed by atoms with Gasteiger partial charge in [-0.1, -0.05) is 18.2 Å². The standard InChI is InChI=1S/C8H10O2/c9-5-7-2-1-3-8(4-7)6-10/h1-2,4,6,9-10H,3,5H2. The van der Waals surface area contributed by atoms with Crippen molar-refractivity contribution in [3.05, 3.63) is 35.6 Å². The Kier molecular flexibility index (Phi) is 2.29. The first-order valence-corrected chi connectivity index (χ1v) is 3.18. The lowest BCUT2D eigenvalue weighted by atomic mass is 10.0. The molecule has 2 nitrogen and oxygen atoms in total. The molecule has 54 valence electrons. The number of hydrogen-bond acceptors (Lipinski definition) is 2. The van der Waals surface area contributed by atoms with Crippen LogP contribution in [0.25, 0.3) is 0 Å². The summed E-state index contributed by atoms with van der Waals surface area (Å²) in [7, 11) is 0. The largest absolute Gasteiger partial charge is 0.515 e. The van der Waals surface area contributed by atoms with E-state index < -0.39 is 0 Å². The summed E-state index contributed by atoms with van der Waals surface area (Å²) < 4.78 is 0. The fraction of sp³-hybridized carbons (Fsp3) is 0.250. The highest BCUT2D eigenvalue weighted by atomic mass is 16.3. The molecule has 2 heteroatoms. The maximum Gasteiger partial charge on any atom is 0.0826 e. The molecule has 0 fully saturated rings. The molecule has 0 aromatic heterocycles. The Morgan fingerprint density at radius 2 is 2.40 bits per heavy atom. The lowest BCUT2D eigenvalue weighted by Crippen LogP contribution is -1.92. The fourth-order valence-electron chi connectivity index (χ4n) is 0.880. The van der Waals surface area contributed by atoms with E-state index in [9.17, 15) is 0 Å². The maximum absolute atomic E-state index is 8.68. The molecule has 0 aromatic carbocycles. The third-order valence-electron chi connectivity index (χ3n) is 1.40. The van der Waals surface area contributed by atoms with Gasteiger partial charge in [-0.05, 0) is 17.6 Å². The molecule has 0 heterocycles. The average Bonchev–Trinajstić information content (AvgIpc) is 2.05. The monoisotopic (exact) mass is 138 g/mol. The van der Waals surface area contributed by atoms with Crippen LogP contribution in [0.15, 0.2) is 35.6 Å². The molecule has 0 radical (unpaired) electrons. The molecule has 0 saturated heterocycles. The summed E-state index contributed by atoms with van der Waals surface area (Å²) in [6.45, 7) is 0.0356. The van der Waals surface area contributed by atoms with Gasteiger partial charge < -0.3 is 10.2 Å². The minimum Gasteiger partial charge on any atom is -0.515 e. The van der Waals surface area contributed by atoms with E-state index in [1.54, 1.807) is 6.08 Å². The molecule has 0 spiro atoms. The van der Waals surface area contributed by atoms with Gasteiger partial charge in [0.1, 0.15) is 0 Å². The number of rotatable bonds is 1. The fourth-order valence-corrected chi connectivity index (χ4v) is 0.880. The van der Waals surface area contributed by atoms with Gasteiger partial charge in [-0.2, -0.15) is 0 Å². The van der Waals surface area contributed by atoms with Crippen molar-refractivity contribution in [1.29, 1.82) is 0 Å². The highest BCUT2D eigenvalue weighted by Crippen LogP contribution is 2.13. The van der Waals surface area contributed by atoms with Gasteiger partial charge in [0.2, 0.25) is 0 Å². The van der Waals surface area contributed by atoms with Gasteiger partial charge in [0.25, 0.3) is 0 Å². The van der Waals surface area contributed by atoms with Crippen LogP contribution in [0.3, 0.4) is 0 Å². The van der Waals surface area contributed by atoms with Crippen molar-refractivity contribution < 1.29 is 10.2 Å². The summed E-state index contributed by atoms with van der Waals surface area (Å²) in [6.07, 6.45) is 7.36. The lowest BCUT2D eigenvalue weighted by Gasteiger charge is -2.04. The van der Waals surface area contributed by atoms with Crippen molar-refractivity contribution in [3.8, 4) is 0 Å². The minimum atomic E-state index is 0.0356. The third kappa shape index (κ3) is 1.48. The third-order valence-corrected chi connectivity index (χ3v) is 1.40. The van der Waals surface area contributed by atoms with Crippen LogP contribution in [0.2, 0.25) is 0 Å². The van der Waals surface area contributed by atoms with Crippen LogP contribution in [0, 0.1) is 0 Å². The Morgan fingerprint density at radius 1 is 1.60 bits per heavy atom. The van der Waals surface area contributed by atoms with E-state index in [0.29, 0.717) is 0 Å². The van der Waals surface area contributed by atoms with Crippen LogP contribution in [-0.4, -0.2) is 16.8 Å². The molecule has 0 amide bonds. The number of aliphatic hydroxyl groups is 2. The topological polar surface area (TPSA) is 40.5 Å². The van der Waals surface area contributed by atoms with Gasteiger partial charge in [0.05, 0.1) is 12.9 Å². The van der Waals surface area contributed by atoms with Gasteiger partial charge in [-0.25, -0.2) is 0 Å². The second-order valence-electron chi connectivity index (χ2n) is 2.19. The van der Waals surface area contributed by atoms with Crippen LogP contribution in [0.5, 0.6) is 0 Å². The Bertz CT molecular complexity index is 199. The Balaban J connectivity index is 2.74. The molecule has 2 N–H and O–H groups in total. The van der Waals surface area contributed by atoms with E-state index >= 15 is 0 Å². The summed E-state index contributed by atoms with van der Waals surface area (Å²) in [5.41, 5.74) is 1.68. The van der Waals surface area contributed by atoms with Crippen molar-refractivity contribution in [2.24, 2.45) is 0 Å². The SMILES string of the molecule is OC=C1C=C(CO)C=CC1. The van der Waals surface area contributed by atoms with E-state index in [1.807, 2.05) is 12.2 Å². The maximum atomic E-state index is 8.68. The predicted octanol–water partition coefficient (Wildman–Crippen LogP) is 1.31. The van der Waals surface area contributed by atoms with Gasteiger partial charge in [0, 0.05) is 0 Å².